The average molecular weight is 298 g/mol. The third-order valence-corrected chi connectivity index (χ3v) is 3.32. The summed E-state index contributed by atoms with van der Waals surface area (Å²) in [6, 6.07) is 16.5. The minimum Gasteiger partial charge on any atom is -0.457 e. The van der Waals surface area contributed by atoms with Crippen LogP contribution >= 0.6 is 0 Å². The second-order valence-corrected chi connectivity index (χ2v) is 5.01. The molecule has 1 atom stereocenters. The largest absolute Gasteiger partial charge is 0.457 e. The van der Waals surface area contributed by atoms with Gasteiger partial charge >= 0.3 is 0 Å². The van der Waals surface area contributed by atoms with Crippen molar-refractivity contribution in [2.75, 3.05) is 25.1 Å². The molecule has 22 heavy (non-hydrogen) atoms. The first kappa shape index (κ1) is 14.6. The number of rotatable bonds is 4. The fourth-order valence-electron chi connectivity index (χ4n) is 2.23. The molecule has 1 aliphatic rings. The number of hydrogen-bond acceptors (Lipinski definition) is 4. The van der Waals surface area contributed by atoms with Crippen LogP contribution in [0.4, 0.5) is 5.69 Å². The highest BCUT2D eigenvalue weighted by molar-refractivity contribution is 5.95. The molecule has 0 radical (unpaired) electrons. The van der Waals surface area contributed by atoms with Crippen LogP contribution in [0.1, 0.15) is 0 Å². The van der Waals surface area contributed by atoms with E-state index in [4.69, 9.17) is 9.47 Å². The number of hydrogen-bond donors (Lipinski definition) is 2. The number of amides is 1. The van der Waals surface area contributed by atoms with Crippen LogP contribution in [0, 0.1) is 0 Å². The van der Waals surface area contributed by atoms with Crippen molar-refractivity contribution in [2.45, 2.75) is 6.04 Å². The molecule has 0 aliphatic carbocycles. The minimum absolute atomic E-state index is 0.100. The van der Waals surface area contributed by atoms with E-state index in [2.05, 4.69) is 10.6 Å². The lowest BCUT2D eigenvalue weighted by Gasteiger charge is -2.22. The number of para-hydroxylation sites is 1. The maximum Gasteiger partial charge on any atom is 0.243 e. The molecule has 1 fully saturated rings. The van der Waals surface area contributed by atoms with E-state index in [1.165, 1.54) is 0 Å². The van der Waals surface area contributed by atoms with Crippen LogP contribution in [0.5, 0.6) is 11.5 Å². The zero-order valence-electron chi connectivity index (χ0n) is 12.1. The van der Waals surface area contributed by atoms with Crippen LogP contribution in [-0.2, 0) is 9.53 Å². The SMILES string of the molecule is O=C(Nc1cccc(Oc2ccccc2)c1)C1COCCN1. The first-order valence-corrected chi connectivity index (χ1v) is 7.26. The van der Waals surface area contributed by atoms with E-state index in [1.807, 2.05) is 48.5 Å². The molecule has 1 unspecified atom stereocenters. The van der Waals surface area contributed by atoms with Crippen molar-refractivity contribution in [1.82, 2.24) is 5.32 Å². The molecule has 1 amide bonds. The van der Waals surface area contributed by atoms with Crippen LogP contribution in [-0.4, -0.2) is 31.7 Å². The lowest BCUT2D eigenvalue weighted by molar-refractivity contribution is -0.120. The van der Waals surface area contributed by atoms with Crippen molar-refractivity contribution < 1.29 is 14.3 Å². The Morgan fingerprint density at radius 2 is 1.95 bits per heavy atom. The minimum atomic E-state index is -0.313. The molecule has 3 rings (SSSR count). The van der Waals surface area contributed by atoms with Gasteiger partial charge in [-0.2, -0.15) is 0 Å². The van der Waals surface area contributed by atoms with Gasteiger partial charge in [-0.1, -0.05) is 24.3 Å². The summed E-state index contributed by atoms with van der Waals surface area (Å²) < 4.78 is 11.1. The van der Waals surface area contributed by atoms with Crippen molar-refractivity contribution in [3.05, 3.63) is 54.6 Å². The summed E-state index contributed by atoms with van der Waals surface area (Å²) >= 11 is 0. The number of benzene rings is 2. The Balaban J connectivity index is 1.64. The van der Waals surface area contributed by atoms with E-state index >= 15 is 0 Å². The van der Waals surface area contributed by atoms with Crippen LogP contribution in [0.3, 0.4) is 0 Å². The van der Waals surface area contributed by atoms with Gasteiger partial charge in [0.15, 0.2) is 0 Å². The fraction of sp³-hybridized carbons (Fsp3) is 0.235. The summed E-state index contributed by atoms with van der Waals surface area (Å²) in [5.74, 6) is 1.33. The molecule has 2 aromatic rings. The number of morpholine rings is 1. The molecule has 0 saturated carbocycles. The number of anilines is 1. The summed E-state index contributed by atoms with van der Waals surface area (Å²) in [7, 11) is 0. The molecule has 1 heterocycles. The predicted molar refractivity (Wildman–Crippen MR) is 84.2 cm³/mol. The molecule has 2 N–H and O–H groups in total. The Bertz CT molecular complexity index is 625. The van der Waals surface area contributed by atoms with Crippen LogP contribution in [0.2, 0.25) is 0 Å². The zero-order chi connectivity index (χ0) is 15.2. The van der Waals surface area contributed by atoms with E-state index in [-0.39, 0.29) is 11.9 Å². The summed E-state index contributed by atoms with van der Waals surface area (Å²) in [4.78, 5) is 12.1. The van der Waals surface area contributed by atoms with Gasteiger partial charge < -0.3 is 20.1 Å². The fourth-order valence-corrected chi connectivity index (χ4v) is 2.23. The molecule has 5 nitrogen and oxygen atoms in total. The van der Waals surface area contributed by atoms with Gasteiger partial charge in [0.05, 0.1) is 13.2 Å². The van der Waals surface area contributed by atoms with Gasteiger partial charge in [-0.25, -0.2) is 0 Å². The van der Waals surface area contributed by atoms with Gasteiger partial charge in [0.1, 0.15) is 17.5 Å². The molecule has 5 heteroatoms. The summed E-state index contributed by atoms with van der Waals surface area (Å²) in [5, 5.41) is 6.00. The normalized spacial score (nSPS) is 17.7. The van der Waals surface area contributed by atoms with Crippen molar-refractivity contribution in [1.29, 1.82) is 0 Å². The molecule has 0 aromatic heterocycles. The molecular weight excluding hydrogens is 280 g/mol. The molecule has 114 valence electrons. The molecule has 2 aromatic carbocycles. The van der Waals surface area contributed by atoms with E-state index in [0.717, 1.165) is 5.75 Å². The van der Waals surface area contributed by atoms with Crippen LogP contribution in [0.25, 0.3) is 0 Å². The van der Waals surface area contributed by atoms with Gasteiger partial charge in [0, 0.05) is 18.3 Å². The summed E-state index contributed by atoms with van der Waals surface area (Å²) in [6.07, 6.45) is 0. The molecule has 1 aliphatic heterocycles. The van der Waals surface area contributed by atoms with Crippen LogP contribution < -0.4 is 15.4 Å². The highest BCUT2D eigenvalue weighted by atomic mass is 16.5. The lowest BCUT2D eigenvalue weighted by Crippen LogP contribution is -2.48. The Kier molecular flexibility index (Phi) is 4.68. The first-order chi connectivity index (χ1) is 10.8. The number of carbonyl (C=O) groups is 1. The Labute approximate surface area is 129 Å². The Morgan fingerprint density at radius 3 is 2.73 bits per heavy atom. The molecule has 1 saturated heterocycles. The lowest BCUT2D eigenvalue weighted by atomic mass is 10.2. The smallest absolute Gasteiger partial charge is 0.243 e. The monoisotopic (exact) mass is 298 g/mol. The molecule has 0 spiro atoms. The van der Waals surface area contributed by atoms with Gasteiger partial charge in [-0.05, 0) is 24.3 Å². The average Bonchev–Trinajstić information content (AvgIpc) is 2.57. The maximum atomic E-state index is 12.1. The van der Waals surface area contributed by atoms with Gasteiger partial charge in [0.2, 0.25) is 5.91 Å². The predicted octanol–water partition coefficient (Wildman–Crippen LogP) is 2.41. The summed E-state index contributed by atoms with van der Waals surface area (Å²) in [6.45, 7) is 1.73. The Morgan fingerprint density at radius 1 is 1.14 bits per heavy atom. The molecule has 0 bridgehead atoms. The van der Waals surface area contributed by atoms with Crippen molar-refractivity contribution in [2.24, 2.45) is 0 Å². The number of nitrogens with one attached hydrogen (secondary N) is 2. The van der Waals surface area contributed by atoms with Crippen molar-refractivity contribution >= 4 is 11.6 Å². The highest BCUT2D eigenvalue weighted by Gasteiger charge is 2.21. The van der Waals surface area contributed by atoms with Gasteiger partial charge in [-0.15, -0.1) is 0 Å². The second-order valence-electron chi connectivity index (χ2n) is 5.01. The second kappa shape index (κ2) is 7.06. The third kappa shape index (κ3) is 3.84. The van der Waals surface area contributed by atoms with Gasteiger partial charge in [-0.3, -0.25) is 4.79 Å². The standard InChI is InChI=1S/C17H18N2O3/c20-17(16-12-21-10-9-18-16)19-13-5-4-8-15(11-13)22-14-6-2-1-3-7-14/h1-8,11,16,18H,9-10,12H2,(H,19,20). The number of ether oxygens (including phenoxy) is 2. The van der Waals surface area contributed by atoms with Gasteiger partial charge in [0.25, 0.3) is 0 Å². The van der Waals surface area contributed by atoms with E-state index in [9.17, 15) is 4.79 Å². The van der Waals surface area contributed by atoms with Crippen molar-refractivity contribution in [3.63, 3.8) is 0 Å². The maximum absolute atomic E-state index is 12.1. The third-order valence-electron chi connectivity index (χ3n) is 3.32. The van der Waals surface area contributed by atoms with Crippen LogP contribution in [0.15, 0.2) is 54.6 Å². The van der Waals surface area contributed by atoms with E-state index in [1.54, 1.807) is 6.07 Å². The van der Waals surface area contributed by atoms with E-state index < -0.39 is 0 Å². The molecular formula is C17H18N2O3. The highest BCUT2D eigenvalue weighted by Crippen LogP contribution is 2.23. The summed E-state index contributed by atoms with van der Waals surface area (Å²) in [5.41, 5.74) is 0.700. The van der Waals surface area contributed by atoms with Crippen molar-refractivity contribution in [3.8, 4) is 11.5 Å². The number of carbonyl (C=O) groups excluding carboxylic acids is 1. The zero-order valence-corrected chi connectivity index (χ0v) is 12.1. The topological polar surface area (TPSA) is 59.6 Å². The quantitative estimate of drug-likeness (QED) is 0.910. The van der Waals surface area contributed by atoms with E-state index in [0.29, 0.717) is 31.2 Å². The Hall–Kier alpha value is -2.37. The first-order valence-electron chi connectivity index (χ1n) is 7.26.